The Morgan fingerprint density at radius 1 is 1.50 bits per heavy atom. The summed E-state index contributed by atoms with van der Waals surface area (Å²) in [7, 11) is 0. The molecule has 0 aromatic carbocycles. The number of nitrogens with zero attached hydrogens (tertiary/aromatic N) is 1. The third-order valence-electron chi connectivity index (χ3n) is 3.36. The van der Waals surface area contributed by atoms with Gasteiger partial charge in [0.1, 0.15) is 0 Å². The zero-order chi connectivity index (χ0) is 13.3. The summed E-state index contributed by atoms with van der Waals surface area (Å²) in [5.74, 6) is 0.0831. The van der Waals surface area contributed by atoms with Crippen molar-refractivity contribution in [2.24, 2.45) is 0 Å². The summed E-state index contributed by atoms with van der Waals surface area (Å²) in [6, 6.07) is 3.81. The lowest BCUT2D eigenvalue weighted by atomic mass is 9.98. The molecule has 0 aliphatic carbocycles. The summed E-state index contributed by atoms with van der Waals surface area (Å²) >= 11 is 1.51. The maximum atomic E-state index is 12.2. The molecule has 1 aliphatic heterocycles. The zero-order valence-electron chi connectivity index (χ0n) is 10.9. The molecule has 2 rings (SSSR count). The molecule has 0 unspecified atom stereocenters. The number of ketones is 1. The first-order valence-corrected chi connectivity index (χ1v) is 6.86. The van der Waals surface area contributed by atoms with Gasteiger partial charge in [-0.3, -0.25) is 14.5 Å². The van der Waals surface area contributed by atoms with Crippen molar-refractivity contribution in [2.45, 2.75) is 26.3 Å². The Bertz CT molecular complexity index is 479. The average Bonchev–Trinajstić information content (AvgIpc) is 2.72. The van der Waals surface area contributed by atoms with Crippen LogP contribution in [0.1, 0.15) is 28.4 Å². The largest absolute Gasteiger partial charge is 0.353 e. The van der Waals surface area contributed by atoms with Crippen molar-refractivity contribution in [3.8, 4) is 0 Å². The molecule has 2 heterocycles. The van der Waals surface area contributed by atoms with Crippen LogP contribution in [0.3, 0.4) is 0 Å². The maximum Gasteiger partial charge on any atom is 0.240 e. The van der Waals surface area contributed by atoms with E-state index in [0.717, 1.165) is 16.3 Å². The van der Waals surface area contributed by atoms with E-state index in [0.29, 0.717) is 13.1 Å². The molecule has 1 aromatic rings. The highest BCUT2D eigenvalue weighted by Gasteiger charge is 2.38. The molecular formula is C13H18N2O2S. The highest BCUT2D eigenvalue weighted by Crippen LogP contribution is 2.20. The van der Waals surface area contributed by atoms with Gasteiger partial charge in [-0.2, -0.15) is 0 Å². The smallest absolute Gasteiger partial charge is 0.240 e. The first-order valence-electron chi connectivity index (χ1n) is 6.04. The monoisotopic (exact) mass is 266 g/mol. The maximum absolute atomic E-state index is 12.2. The minimum Gasteiger partial charge on any atom is -0.353 e. The van der Waals surface area contributed by atoms with Crippen molar-refractivity contribution < 1.29 is 9.59 Å². The van der Waals surface area contributed by atoms with Gasteiger partial charge in [-0.25, -0.2) is 0 Å². The summed E-state index contributed by atoms with van der Waals surface area (Å²) in [6.07, 6.45) is 0. The third kappa shape index (κ3) is 2.47. The highest BCUT2D eigenvalue weighted by molar-refractivity contribution is 7.14. The van der Waals surface area contributed by atoms with E-state index in [4.69, 9.17) is 0 Å². The van der Waals surface area contributed by atoms with Gasteiger partial charge in [-0.05, 0) is 32.9 Å². The Labute approximate surface area is 111 Å². The lowest BCUT2D eigenvalue weighted by molar-refractivity contribution is -0.134. The predicted molar refractivity (Wildman–Crippen MR) is 72.0 cm³/mol. The first kappa shape index (κ1) is 13.2. The summed E-state index contributed by atoms with van der Waals surface area (Å²) in [5.41, 5.74) is -0.611. The number of thiophene rings is 1. The number of hydrogen-bond donors (Lipinski definition) is 1. The van der Waals surface area contributed by atoms with E-state index in [9.17, 15) is 9.59 Å². The molecule has 5 heteroatoms. The van der Waals surface area contributed by atoms with Crippen molar-refractivity contribution in [1.29, 1.82) is 0 Å². The van der Waals surface area contributed by atoms with Gasteiger partial charge in [0, 0.05) is 18.0 Å². The molecule has 98 valence electrons. The summed E-state index contributed by atoms with van der Waals surface area (Å²) < 4.78 is 0. The average molecular weight is 266 g/mol. The Hall–Kier alpha value is -1.20. The lowest BCUT2D eigenvalue weighted by Crippen LogP contribution is -2.62. The van der Waals surface area contributed by atoms with Gasteiger partial charge >= 0.3 is 0 Å². The second kappa shape index (κ2) is 4.82. The fourth-order valence-electron chi connectivity index (χ4n) is 2.06. The van der Waals surface area contributed by atoms with Gasteiger partial charge in [0.25, 0.3) is 0 Å². The van der Waals surface area contributed by atoms with Gasteiger partial charge < -0.3 is 5.32 Å². The van der Waals surface area contributed by atoms with Crippen LogP contribution in [0.4, 0.5) is 0 Å². The molecule has 0 saturated carbocycles. The van der Waals surface area contributed by atoms with E-state index in [1.54, 1.807) is 0 Å². The molecule has 1 N–H and O–H groups in total. The number of hydrogen-bond acceptors (Lipinski definition) is 4. The van der Waals surface area contributed by atoms with Crippen molar-refractivity contribution in [3.63, 3.8) is 0 Å². The Kier molecular flexibility index (Phi) is 3.54. The second-order valence-corrected chi connectivity index (χ2v) is 6.36. The number of amides is 1. The lowest BCUT2D eigenvalue weighted by Gasteiger charge is -2.40. The van der Waals surface area contributed by atoms with Crippen LogP contribution in [-0.4, -0.2) is 41.8 Å². The van der Waals surface area contributed by atoms with E-state index in [2.05, 4.69) is 5.32 Å². The standard InChI is InChI=1S/C13H18N2O2S/c1-9-4-5-11(18-9)10(16)8-15-7-6-14-12(17)13(15,2)3/h4-5H,6-8H2,1-3H3,(H,14,17). The van der Waals surface area contributed by atoms with E-state index in [-0.39, 0.29) is 11.7 Å². The van der Waals surface area contributed by atoms with Crippen LogP contribution >= 0.6 is 11.3 Å². The number of piperazine rings is 1. The van der Waals surface area contributed by atoms with Crippen molar-refractivity contribution in [3.05, 3.63) is 21.9 Å². The van der Waals surface area contributed by atoms with Crippen LogP contribution in [0.2, 0.25) is 0 Å². The number of carbonyl (C=O) groups excluding carboxylic acids is 2. The predicted octanol–water partition coefficient (Wildman–Crippen LogP) is 1.45. The topological polar surface area (TPSA) is 49.4 Å². The van der Waals surface area contributed by atoms with Crippen LogP contribution in [0.5, 0.6) is 0 Å². The van der Waals surface area contributed by atoms with E-state index < -0.39 is 5.54 Å². The van der Waals surface area contributed by atoms with Gasteiger partial charge in [-0.15, -0.1) is 11.3 Å². The molecule has 1 fully saturated rings. The van der Waals surface area contributed by atoms with Gasteiger partial charge in [-0.1, -0.05) is 0 Å². The van der Waals surface area contributed by atoms with Crippen LogP contribution in [0.25, 0.3) is 0 Å². The molecule has 0 bridgehead atoms. The minimum absolute atomic E-state index is 0.0103. The summed E-state index contributed by atoms with van der Waals surface area (Å²) in [6.45, 7) is 7.33. The van der Waals surface area contributed by atoms with E-state index in [1.165, 1.54) is 11.3 Å². The van der Waals surface area contributed by atoms with Crippen molar-refractivity contribution >= 4 is 23.0 Å². The number of Topliss-reactive ketones (excluding diaryl/α,β-unsaturated/α-hetero) is 1. The number of nitrogens with one attached hydrogen (secondary N) is 1. The molecular weight excluding hydrogens is 248 g/mol. The molecule has 1 aromatic heterocycles. The number of aryl methyl sites for hydroxylation is 1. The fraction of sp³-hybridized carbons (Fsp3) is 0.538. The van der Waals surface area contributed by atoms with E-state index in [1.807, 2.05) is 37.8 Å². The second-order valence-electron chi connectivity index (χ2n) is 5.07. The Morgan fingerprint density at radius 3 is 2.83 bits per heavy atom. The van der Waals surface area contributed by atoms with Crippen molar-refractivity contribution in [2.75, 3.05) is 19.6 Å². The van der Waals surface area contributed by atoms with E-state index >= 15 is 0 Å². The van der Waals surface area contributed by atoms with Crippen LogP contribution < -0.4 is 5.32 Å². The number of rotatable bonds is 3. The molecule has 1 saturated heterocycles. The van der Waals surface area contributed by atoms with Crippen LogP contribution in [0, 0.1) is 6.92 Å². The fourth-order valence-corrected chi connectivity index (χ4v) is 2.85. The molecule has 4 nitrogen and oxygen atoms in total. The van der Waals surface area contributed by atoms with Gasteiger partial charge in [0.2, 0.25) is 5.91 Å². The van der Waals surface area contributed by atoms with Gasteiger partial charge in [0.15, 0.2) is 5.78 Å². The number of carbonyl (C=O) groups is 2. The summed E-state index contributed by atoms with van der Waals surface area (Å²) in [5, 5.41) is 2.83. The molecule has 1 amide bonds. The molecule has 1 aliphatic rings. The zero-order valence-corrected chi connectivity index (χ0v) is 11.8. The minimum atomic E-state index is -0.611. The normalized spacial score (nSPS) is 19.6. The molecule has 18 heavy (non-hydrogen) atoms. The molecule has 0 spiro atoms. The first-order chi connectivity index (χ1) is 8.41. The van der Waals surface area contributed by atoms with Crippen molar-refractivity contribution in [1.82, 2.24) is 10.2 Å². The Morgan fingerprint density at radius 2 is 2.22 bits per heavy atom. The third-order valence-corrected chi connectivity index (χ3v) is 4.40. The highest BCUT2D eigenvalue weighted by atomic mass is 32.1. The SMILES string of the molecule is Cc1ccc(C(=O)CN2CCNC(=O)C2(C)C)s1. The van der Waals surface area contributed by atoms with Gasteiger partial charge in [0.05, 0.1) is 17.0 Å². The quantitative estimate of drug-likeness (QED) is 0.842. The van der Waals surface area contributed by atoms with Crippen LogP contribution in [-0.2, 0) is 4.79 Å². The Balaban J connectivity index is 2.09. The molecule has 0 radical (unpaired) electrons. The molecule has 0 atom stereocenters. The summed E-state index contributed by atoms with van der Waals surface area (Å²) in [4.78, 5) is 27.8. The van der Waals surface area contributed by atoms with Crippen LogP contribution in [0.15, 0.2) is 12.1 Å².